The minimum atomic E-state index is -0.392. The number of aliphatic hydroxyl groups excluding tert-OH is 2. The topological polar surface area (TPSA) is 53.0 Å². The summed E-state index contributed by atoms with van der Waals surface area (Å²) in [4.78, 5) is 0. The Bertz CT molecular complexity index is 121. The van der Waals surface area contributed by atoms with Crippen LogP contribution in [0, 0.1) is 0 Å². The van der Waals surface area contributed by atoms with E-state index >= 15 is 0 Å². The van der Waals surface area contributed by atoms with E-state index in [2.05, 4.69) is 0 Å². The van der Waals surface area contributed by atoms with Crippen molar-refractivity contribution in [3.63, 3.8) is 0 Å². The Morgan fingerprint density at radius 2 is 2.17 bits per heavy atom. The standard InChI is InChI=1S/C9H18O3/c1-7(10)5-8(11)3-2-4-9-6-12-9/h7-11H,2-6H2,1H3. The zero-order valence-electron chi connectivity index (χ0n) is 7.57. The van der Waals surface area contributed by atoms with E-state index in [4.69, 9.17) is 9.84 Å². The molecule has 1 saturated heterocycles. The number of epoxide rings is 1. The third kappa shape index (κ3) is 4.70. The van der Waals surface area contributed by atoms with E-state index in [9.17, 15) is 5.11 Å². The molecule has 3 nitrogen and oxygen atoms in total. The van der Waals surface area contributed by atoms with Gasteiger partial charge in [0.05, 0.1) is 24.9 Å². The molecule has 1 aliphatic heterocycles. The van der Waals surface area contributed by atoms with Gasteiger partial charge in [0, 0.05) is 0 Å². The molecule has 1 heterocycles. The zero-order valence-corrected chi connectivity index (χ0v) is 7.57. The van der Waals surface area contributed by atoms with Crippen LogP contribution >= 0.6 is 0 Å². The summed E-state index contributed by atoms with van der Waals surface area (Å²) in [5.74, 6) is 0. The Morgan fingerprint density at radius 3 is 2.67 bits per heavy atom. The van der Waals surface area contributed by atoms with Crippen LogP contribution in [0.25, 0.3) is 0 Å². The van der Waals surface area contributed by atoms with Gasteiger partial charge in [0.2, 0.25) is 0 Å². The van der Waals surface area contributed by atoms with Crippen molar-refractivity contribution in [2.75, 3.05) is 6.61 Å². The van der Waals surface area contributed by atoms with Crippen molar-refractivity contribution in [3.05, 3.63) is 0 Å². The summed E-state index contributed by atoms with van der Waals surface area (Å²) in [5.41, 5.74) is 0. The van der Waals surface area contributed by atoms with E-state index in [0.29, 0.717) is 12.5 Å². The molecule has 0 aromatic heterocycles. The maximum atomic E-state index is 9.35. The Labute approximate surface area is 73.4 Å². The van der Waals surface area contributed by atoms with Gasteiger partial charge in [-0.2, -0.15) is 0 Å². The van der Waals surface area contributed by atoms with Crippen molar-refractivity contribution in [2.45, 2.75) is 50.9 Å². The van der Waals surface area contributed by atoms with Gasteiger partial charge < -0.3 is 14.9 Å². The lowest BCUT2D eigenvalue weighted by atomic mass is 10.1. The normalized spacial score (nSPS) is 26.8. The summed E-state index contributed by atoms with van der Waals surface area (Å²) in [6.45, 7) is 2.60. The van der Waals surface area contributed by atoms with Crippen molar-refractivity contribution in [1.29, 1.82) is 0 Å². The number of hydrogen-bond donors (Lipinski definition) is 2. The van der Waals surface area contributed by atoms with Gasteiger partial charge >= 0.3 is 0 Å². The first-order valence-electron chi connectivity index (χ1n) is 4.66. The van der Waals surface area contributed by atoms with Gasteiger partial charge in [-0.3, -0.25) is 0 Å². The first kappa shape index (κ1) is 9.96. The average Bonchev–Trinajstić information content (AvgIpc) is 2.69. The molecule has 0 amide bonds. The molecule has 0 saturated carbocycles. The molecule has 3 atom stereocenters. The molecule has 0 aromatic carbocycles. The molecule has 0 spiro atoms. The molecule has 0 aromatic rings. The highest BCUT2D eigenvalue weighted by Gasteiger charge is 2.21. The smallest absolute Gasteiger partial charge is 0.0810 e. The summed E-state index contributed by atoms with van der Waals surface area (Å²) in [7, 11) is 0. The predicted octanol–water partition coefficient (Wildman–Crippen LogP) is 0.687. The van der Waals surface area contributed by atoms with Crippen LogP contribution in [0.15, 0.2) is 0 Å². The summed E-state index contributed by atoms with van der Waals surface area (Å²) in [6, 6.07) is 0. The number of rotatable bonds is 6. The average molecular weight is 174 g/mol. The Balaban J connectivity index is 1.89. The molecule has 1 fully saturated rings. The van der Waals surface area contributed by atoms with E-state index in [-0.39, 0.29) is 6.10 Å². The monoisotopic (exact) mass is 174 g/mol. The minimum absolute atomic E-state index is 0.344. The van der Waals surface area contributed by atoms with Gasteiger partial charge in [0.25, 0.3) is 0 Å². The fourth-order valence-electron chi connectivity index (χ4n) is 1.33. The van der Waals surface area contributed by atoms with Crippen LogP contribution in [0.4, 0.5) is 0 Å². The second-order valence-corrected chi connectivity index (χ2v) is 3.62. The number of ether oxygens (including phenoxy) is 1. The van der Waals surface area contributed by atoms with Gasteiger partial charge in [0.1, 0.15) is 0 Å². The van der Waals surface area contributed by atoms with E-state index in [1.165, 1.54) is 0 Å². The quantitative estimate of drug-likeness (QED) is 0.582. The van der Waals surface area contributed by atoms with Crippen molar-refractivity contribution in [1.82, 2.24) is 0 Å². The highest BCUT2D eigenvalue weighted by Crippen LogP contribution is 2.18. The lowest BCUT2D eigenvalue weighted by molar-refractivity contribution is 0.0831. The molecule has 12 heavy (non-hydrogen) atoms. The van der Waals surface area contributed by atoms with E-state index in [1.807, 2.05) is 0 Å². The number of aliphatic hydroxyl groups is 2. The third-order valence-electron chi connectivity index (χ3n) is 2.08. The first-order valence-corrected chi connectivity index (χ1v) is 4.66. The second-order valence-electron chi connectivity index (χ2n) is 3.62. The van der Waals surface area contributed by atoms with Crippen LogP contribution in [-0.4, -0.2) is 35.1 Å². The van der Waals surface area contributed by atoms with Crippen LogP contribution in [0.5, 0.6) is 0 Å². The van der Waals surface area contributed by atoms with Crippen LogP contribution in [0.2, 0.25) is 0 Å². The zero-order chi connectivity index (χ0) is 8.97. The van der Waals surface area contributed by atoms with E-state index < -0.39 is 6.10 Å². The summed E-state index contributed by atoms with van der Waals surface area (Å²) >= 11 is 0. The van der Waals surface area contributed by atoms with Crippen molar-refractivity contribution >= 4 is 0 Å². The van der Waals surface area contributed by atoms with Crippen LogP contribution < -0.4 is 0 Å². The maximum Gasteiger partial charge on any atom is 0.0810 e. The summed E-state index contributed by atoms with van der Waals surface area (Å²) < 4.78 is 5.04. The fraction of sp³-hybridized carbons (Fsp3) is 1.00. The Morgan fingerprint density at radius 1 is 1.50 bits per heavy atom. The lowest BCUT2D eigenvalue weighted by Crippen LogP contribution is -2.14. The molecule has 1 aliphatic rings. The Hall–Kier alpha value is -0.120. The minimum Gasteiger partial charge on any atom is -0.393 e. The van der Waals surface area contributed by atoms with Gasteiger partial charge in [-0.1, -0.05) is 0 Å². The number of hydrogen-bond acceptors (Lipinski definition) is 3. The summed E-state index contributed by atoms with van der Waals surface area (Å²) in [6.07, 6.45) is 3.05. The SMILES string of the molecule is CC(O)CC(O)CCCC1CO1. The van der Waals surface area contributed by atoms with Gasteiger partial charge in [0.15, 0.2) is 0 Å². The predicted molar refractivity (Wildman–Crippen MR) is 45.9 cm³/mol. The van der Waals surface area contributed by atoms with Crippen molar-refractivity contribution < 1.29 is 14.9 Å². The fourth-order valence-corrected chi connectivity index (χ4v) is 1.33. The van der Waals surface area contributed by atoms with Crippen molar-refractivity contribution in [2.24, 2.45) is 0 Å². The second kappa shape index (κ2) is 4.80. The van der Waals surface area contributed by atoms with Gasteiger partial charge in [-0.15, -0.1) is 0 Å². The third-order valence-corrected chi connectivity index (χ3v) is 2.08. The molecule has 3 heteroatoms. The highest BCUT2D eigenvalue weighted by molar-refractivity contribution is 4.70. The van der Waals surface area contributed by atoms with Crippen molar-refractivity contribution in [3.8, 4) is 0 Å². The van der Waals surface area contributed by atoms with Crippen LogP contribution in [-0.2, 0) is 4.74 Å². The molecule has 0 radical (unpaired) electrons. The van der Waals surface area contributed by atoms with E-state index in [1.54, 1.807) is 6.92 Å². The molecule has 3 unspecified atom stereocenters. The molecule has 72 valence electrons. The lowest BCUT2D eigenvalue weighted by Gasteiger charge is -2.11. The molecular formula is C9H18O3. The van der Waals surface area contributed by atoms with Gasteiger partial charge in [-0.25, -0.2) is 0 Å². The van der Waals surface area contributed by atoms with Crippen LogP contribution in [0.1, 0.15) is 32.6 Å². The molecule has 1 rings (SSSR count). The summed E-state index contributed by atoms with van der Waals surface area (Å²) in [5, 5.41) is 18.3. The maximum absolute atomic E-state index is 9.35. The van der Waals surface area contributed by atoms with Gasteiger partial charge in [-0.05, 0) is 32.6 Å². The molecule has 0 aliphatic carbocycles. The highest BCUT2D eigenvalue weighted by atomic mass is 16.6. The molecule has 0 bridgehead atoms. The van der Waals surface area contributed by atoms with E-state index in [0.717, 1.165) is 25.9 Å². The van der Waals surface area contributed by atoms with Crippen LogP contribution in [0.3, 0.4) is 0 Å². The largest absolute Gasteiger partial charge is 0.393 e. The first-order chi connectivity index (χ1) is 5.68. The Kier molecular flexibility index (Phi) is 3.98. The molecule has 2 N–H and O–H groups in total. The molecular weight excluding hydrogens is 156 g/mol.